The summed E-state index contributed by atoms with van der Waals surface area (Å²) in [6, 6.07) is 3.91. The monoisotopic (exact) mass is 233 g/mol. The molecule has 92 valence electrons. The van der Waals surface area contributed by atoms with E-state index in [-0.39, 0.29) is 17.7 Å². The molecule has 0 aliphatic carbocycles. The molecule has 1 aromatic carbocycles. The Labute approximate surface area is 102 Å². The van der Waals surface area contributed by atoms with Crippen LogP contribution in [0.5, 0.6) is 5.75 Å². The van der Waals surface area contributed by atoms with Crippen LogP contribution in [0.1, 0.15) is 44.4 Å². The van der Waals surface area contributed by atoms with E-state index < -0.39 is 0 Å². The standard InChI is InChI=1S/C14H19NO2/c1-5-10-6-11(8-15-9-16)13(17)12(7-10)14(2,3)4/h6-7,17H,5,8H2,1-4H3. The van der Waals surface area contributed by atoms with Crippen LogP contribution in [0.25, 0.3) is 0 Å². The molecule has 0 aliphatic heterocycles. The predicted molar refractivity (Wildman–Crippen MR) is 68.0 cm³/mol. The van der Waals surface area contributed by atoms with Gasteiger partial charge in [-0.05, 0) is 23.0 Å². The van der Waals surface area contributed by atoms with E-state index in [1.165, 1.54) is 6.08 Å². The Balaban J connectivity index is 3.35. The van der Waals surface area contributed by atoms with Crippen LogP contribution >= 0.6 is 0 Å². The molecule has 1 N–H and O–H groups in total. The van der Waals surface area contributed by atoms with E-state index in [1.54, 1.807) is 0 Å². The number of nitrogens with zero attached hydrogens (tertiary/aromatic N) is 1. The summed E-state index contributed by atoms with van der Waals surface area (Å²) in [5.74, 6) is 0.244. The SMILES string of the molecule is CCc1cc(CN=C=O)c(O)c(C(C)(C)C)c1. The quantitative estimate of drug-likeness (QED) is 0.644. The first kappa shape index (κ1) is 13.5. The molecule has 0 aliphatic rings. The second kappa shape index (κ2) is 5.15. The Kier molecular flexibility index (Phi) is 4.08. The van der Waals surface area contributed by atoms with Gasteiger partial charge in [-0.15, -0.1) is 0 Å². The lowest BCUT2D eigenvalue weighted by atomic mass is 9.83. The lowest BCUT2D eigenvalue weighted by Crippen LogP contribution is -2.12. The number of isocyanates is 1. The van der Waals surface area contributed by atoms with Crippen LogP contribution in [0.15, 0.2) is 17.1 Å². The molecular formula is C14H19NO2. The van der Waals surface area contributed by atoms with Crippen LogP contribution in [0.2, 0.25) is 0 Å². The number of phenols is 1. The number of benzene rings is 1. The average molecular weight is 233 g/mol. The second-order valence-corrected chi connectivity index (χ2v) is 5.16. The van der Waals surface area contributed by atoms with Gasteiger partial charge < -0.3 is 5.11 Å². The number of aryl methyl sites for hydroxylation is 1. The Morgan fingerprint density at radius 1 is 1.35 bits per heavy atom. The molecule has 0 heterocycles. The molecule has 0 unspecified atom stereocenters. The summed E-state index contributed by atoms with van der Waals surface area (Å²) < 4.78 is 0. The van der Waals surface area contributed by atoms with Gasteiger partial charge in [0.1, 0.15) is 5.75 Å². The topological polar surface area (TPSA) is 49.7 Å². The van der Waals surface area contributed by atoms with Gasteiger partial charge in [-0.25, -0.2) is 9.79 Å². The molecule has 3 heteroatoms. The van der Waals surface area contributed by atoms with Crippen molar-refractivity contribution in [2.24, 2.45) is 4.99 Å². The third kappa shape index (κ3) is 3.18. The molecule has 0 radical (unpaired) electrons. The van der Waals surface area contributed by atoms with Gasteiger partial charge in [0.25, 0.3) is 0 Å². The van der Waals surface area contributed by atoms with E-state index in [1.807, 2.05) is 32.9 Å². The molecule has 0 saturated heterocycles. The molecule has 3 nitrogen and oxygen atoms in total. The van der Waals surface area contributed by atoms with Gasteiger partial charge in [0.15, 0.2) is 0 Å². The molecule has 1 rings (SSSR count). The van der Waals surface area contributed by atoms with E-state index in [9.17, 15) is 9.90 Å². The summed E-state index contributed by atoms with van der Waals surface area (Å²) in [6.07, 6.45) is 2.39. The first-order valence-corrected chi connectivity index (χ1v) is 5.79. The number of aliphatic imine (C=N–C) groups is 1. The van der Waals surface area contributed by atoms with Gasteiger partial charge in [0.05, 0.1) is 6.54 Å². The van der Waals surface area contributed by atoms with Crippen molar-refractivity contribution in [2.75, 3.05) is 0 Å². The molecule has 0 atom stereocenters. The molecule has 1 aromatic rings. The van der Waals surface area contributed by atoms with Crippen LogP contribution < -0.4 is 0 Å². The zero-order chi connectivity index (χ0) is 13.1. The number of aromatic hydroxyl groups is 1. The van der Waals surface area contributed by atoms with Crippen molar-refractivity contribution in [3.05, 3.63) is 28.8 Å². The summed E-state index contributed by atoms with van der Waals surface area (Å²) in [4.78, 5) is 13.7. The number of hydrogen-bond donors (Lipinski definition) is 1. The molecule has 0 amide bonds. The van der Waals surface area contributed by atoms with Gasteiger partial charge in [-0.1, -0.05) is 39.8 Å². The highest BCUT2D eigenvalue weighted by atomic mass is 16.3. The average Bonchev–Trinajstić information content (AvgIpc) is 2.26. The van der Waals surface area contributed by atoms with Crippen LogP contribution in [0.4, 0.5) is 0 Å². The maximum absolute atomic E-state index is 10.2. The smallest absolute Gasteiger partial charge is 0.235 e. The fraction of sp³-hybridized carbons (Fsp3) is 0.500. The Morgan fingerprint density at radius 3 is 2.47 bits per heavy atom. The van der Waals surface area contributed by atoms with Crippen LogP contribution in [-0.2, 0) is 23.2 Å². The van der Waals surface area contributed by atoms with E-state index in [0.717, 1.165) is 17.5 Å². The minimum absolute atomic E-state index is 0.130. The first-order chi connectivity index (χ1) is 7.90. The highest BCUT2D eigenvalue weighted by Gasteiger charge is 2.20. The van der Waals surface area contributed by atoms with Crippen molar-refractivity contribution in [1.82, 2.24) is 0 Å². The van der Waals surface area contributed by atoms with E-state index >= 15 is 0 Å². The Morgan fingerprint density at radius 2 is 2.00 bits per heavy atom. The fourth-order valence-corrected chi connectivity index (χ4v) is 1.77. The maximum atomic E-state index is 10.2. The highest BCUT2D eigenvalue weighted by Crippen LogP contribution is 2.34. The van der Waals surface area contributed by atoms with Crippen molar-refractivity contribution >= 4 is 6.08 Å². The van der Waals surface area contributed by atoms with E-state index in [2.05, 4.69) is 11.9 Å². The number of carbonyl (C=O) groups excluding carboxylic acids is 1. The molecule has 0 aromatic heterocycles. The Hall–Kier alpha value is -1.60. The summed E-state index contributed by atoms with van der Waals surface area (Å²) in [6.45, 7) is 8.40. The lowest BCUT2D eigenvalue weighted by Gasteiger charge is -2.22. The van der Waals surface area contributed by atoms with Crippen molar-refractivity contribution in [3.63, 3.8) is 0 Å². The van der Waals surface area contributed by atoms with Gasteiger partial charge in [-0.3, -0.25) is 0 Å². The van der Waals surface area contributed by atoms with Crippen molar-refractivity contribution in [1.29, 1.82) is 0 Å². The zero-order valence-electron chi connectivity index (χ0n) is 10.9. The van der Waals surface area contributed by atoms with Crippen molar-refractivity contribution in [3.8, 4) is 5.75 Å². The summed E-state index contributed by atoms with van der Waals surface area (Å²) in [5, 5.41) is 10.2. The number of phenolic OH excluding ortho intramolecular Hbond substituents is 1. The van der Waals surface area contributed by atoms with Crippen molar-refractivity contribution in [2.45, 2.75) is 46.1 Å². The van der Waals surface area contributed by atoms with Crippen molar-refractivity contribution < 1.29 is 9.90 Å². The molecular weight excluding hydrogens is 214 g/mol. The molecule has 0 spiro atoms. The molecule has 0 fully saturated rings. The van der Waals surface area contributed by atoms with E-state index in [0.29, 0.717) is 5.56 Å². The third-order valence-electron chi connectivity index (χ3n) is 2.78. The molecule has 17 heavy (non-hydrogen) atoms. The number of rotatable bonds is 3. The highest BCUT2D eigenvalue weighted by molar-refractivity contribution is 5.47. The first-order valence-electron chi connectivity index (χ1n) is 5.79. The number of hydrogen-bond acceptors (Lipinski definition) is 3. The fourth-order valence-electron chi connectivity index (χ4n) is 1.77. The van der Waals surface area contributed by atoms with Gasteiger partial charge in [0.2, 0.25) is 6.08 Å². The predicted octanol–water partition coefficient (Wildman–Crippen LogP) is 3.09. The zero-order valence-corrected chi connectivity index (χ0v) is 10.9. The van der Waals surface area contributed by atoms with Gasteiger partial charge >= 0.3 is 0 Å². The lowest BCUT2D eigenvalue weighted by molar-refractivity contribution is 0.440. The van der Waals surface area contributed by atoms with Crippen LogP contribution in [-0.4, -0.2) is 11.2 Å². The van der Waals surface area contributed by atoms with Gasteiger partial charge in [0, 0.05) is 5.56 Å². The van der Waals surface area contributed by atoms with Crippen LogP contribution in [0, 0.1) is 0 Å². The summed E-state index contributed by atoms with van der Waals surface area (Å²) >= 11 is 0. The maximum Gasteiger partial charge on any atom is 0.235 e. The van der Waals surface area contributed by atoms with Gasteiger partial charge in [-0.2, -0.15) is 0 Å². The third-order valence-corrected chi connectivity index (χ3v) is 2.78. The minimum atomic E-state index is -0.130. The minimum Gasteiger partial charge on any atom is -0.507 e. The van der Waals surface area contributed by atoms with E-state index in [4.69, 9.17) is 0 Å². The summed E-state index contributed by atoms with van der Waals surface area (Å²) in [5.41, 5.74) is 2.60. The molecule has 0 saturated carbocycles. The normalized spacial score (nSPS) is 11.1. The molecule has 0 bridgehead atoms. The Bertz CT molecular complexity index is 452. The summed E-state index contributed by atoms with van der Waals surface area (Å²) in [7, 11) is 0. The second-order valence-electron chi connectivity index (χ2n) is 5.16. The largest absolute Gasteiger partial charge is 0.507 e. The van der Waals surface area contributed by atoms with Crippen LogP contribution in [0.3, 0.4) is 0 Å².